The lowest BCUT2D eigenvalue weighted by Gasteiger charge is -2.16. The predicted octanol–water partition coefficient (Wildman–Crippen LogP) is 3.57. The summed E-state index contributed by atoms with van der Waals surface area (Å²) in [5.74, 6) is 0.0682. The summed E-state index contributed by atoms with van der Waals surface area (Å²) in [4.78, 5) is 4.00. The van der Waals surface area contributed by atoms with Crippen molar-refractivity contribution in [3.63, 3.8) is 0 Å². The number of hydrogen-bond donors (Lipinski definition) is 1. The molecule has 0 saturated carbocycles. The Morgan fingerprint density at radius 2 is 1.66 bits per heavy atom. The Bertz CT molecular complexity index is 1290. The molecule has 32 heavy (non-hydrogen) atoms. The van der Waals surface area contributed by atoms with Gasteiger partial charge < -0.3 is 4.74 Å². The molecule has 170 valence electrons. The van der Waals surface area contributed by atoms with E-state index in [4.69, 9.17) is 4.74 Å². The third kappa shape index (κ3) is 5.17. The average molecular weight is 475 g/mol. The SMILES string of the molecule is COc1ccccc1S(=O)(=O)c1ccc(C(C)C)c(S(=O)(=O)NCCc2ccccn2)c1. The number of aromatic nitrogens is 1. The zero-order valence-electron chi connectivity index (χ0n) is 18.1. The lowest BCUT2D eigenvalue weighted by atomic mass is 10.0. The maximum absolute atomic E-state index is 13.3. The number of para-hydroxylation sites is 1. The van der Waals surface area contributed by atoms with Gasteiger partial charge in [-0.25, -0.2) is 21.6 Å². The zero-order chi connectivity index (χ0) is 23.4. The molecule has 0 saturated heterocycles. The van der Waals surface area contributed by atoms with Crippen molar-refractivity contribution < 1.29 is 21.6 Å². The molecular weight excluding hydrogens is 448 g/mol. The molecule has 0 fully saturated rings. The number of rotatable bonds is 9. The van der Waals surface area contributed by atoms with Gasteiger partial charge in [0.2, 0.25) is 19.9 Å². The van der Waals surface area contributed by atoms with Crippen molar-refractivity contribution in [3.8, 4) is 5.75 Å². The van der Waals surface area contributed by atoms with E-state index in [1.807, 2.05) is 26.0 Å². The fraction of sp³-hybridized carbons (Fsp3) is 0.261. The van der Waals surface area contributed by atoms with E-state index >= 15 is 0 Å². The molecule has 3 aromatic rings. The molecule has 0 unspecified atom stereocenters. The molecule has 0 bridgehead atoms. The normalized spacial score (nSPS) is 12.1. The molecule has 0 aliphatic carbocycles. The Morgan fingerprint density at radius 3 is 2.31 bits per heavy atom. The van der Waals surface area contributed by atoms with Crippen LogP contribution in [0.4, 0.5) is 0 Å². The van der Waals surface area contributed by atoms with Crippen LogP contribution in [-0.2, 0) is 26.3 Å². The van der Waals surface area contributed by atoms with Crippen LogP contribution in [0.1, 0.15) is 31.0 Å². The van der Waals surface area contributed by atoms with Crippen LogP contribution in [0.3, 0.4) is 0 Å². The Balaban J connectivity index is 1.99. The Labute approximate surface area is 189 Å². The maximum atomic E-state index is 13.3. The molecule has 1 heterocycles. The molecule has 1 N–H and O–H groups in total. The van der Waals surface area contributed by atoms with Crippen molar-refractivity contribution in [1.29, 1.82) is 0 Å². The summed E-state index contributed by atoms with van der Waals surface area (Å²) >= 11 is 0. The molecule has 3 rings (SSSR count). The molecule has 2 aromatic carbocycles. The predicted molar refractivity (Wildman–Crippen MR) is 122 cm³/mol. The van der Waals surface area contributed by atoms with Crippen LogP contribution in [0.25, 0.3) is 0 Å². The maximum Gasteiger partial charge on any atom is 0.240 e. The lowest BCUT2D eigenvalue weighted by Crippen LogP contribution is -2.27. The first-order chi connectivity index (χ1) is 15.2. The van der Waals surface area contributed by atoms with E-state index < -0.39 is 19.9 Å². The first-order valence-electron chi connectivity index (χ1n) is 10.1. The van der Waals surface area contributed by atoms with Crippen LogP contribution in [-0.4, -0.2) is 35.5 Å². The van der Waals surface area contributed by atoms with Gasteiger partial charge in [0.1, 0.15) is 10.6 Å². The molecular formula is C23H26N2O5S2. The second kappa shape index (κ2) is 9.81. The highest BCUT2D eigenvalue weighted by atomic mass is 32.2. The van der Waals surface area contributed by atoms with Crippen LogP contribution >= 0.6 is 0 Å². The van der Waals surface area contributed by atoms with E-state index in [9.17, 15) is 16.8 Å². The van der Waals surface area contributed by atoms with Gasteiger partial charge in [-0.15, -0.1) is 0 Å². The van der Waals surface area contributed by atoms with Crippen molar-refractivity contribution in [2.75, 3.05) is 13.7 Å². The van der Waals surface area contributed by atoms with E-state index in [-0.39, 0.29) is 32.9 Å². The number of ether oxygens (including phenoxy) is 1. The molecule has 0 amide bonds. The third-order valence-electron chi connectivity index (χ3n) is 4.96. The van der Waals surface area contributed by atoms with Crippen LogP contribution in [0.2, 0.25) is 0 Å². The fourth-order valence-electron chi connectivity index (χ4n) is 3.30. The highest BCUT2D eigenvalue weighted by Crippen LogP contribution is 2.32. The fourth-order valence-corrected chi connectivity index (χ4v) is 6.24. The molecule has 0 spiro atoms. The first-order valence-corrected chi connectivity index (χ1v) is 13.0. The van der Waals surface area contributed by atoms with Crippen molar-refractivity contribution in [2.24, 2.45) is 0 Å². The Kier molecular flexibility index (Phi) is 7.33. The van der Waals surface area contributed by atoms with Gasteiger partial charge >= 0.3 is 0 Å². The molecule has 9 heteroatoms. The van der Waals surface area contributed by atoms with Crippen LogP contribution in [0.5, 0.6) is 5.75 Å². The summed E-state index contributed by atoms with van der Waals surface area (Å²) in [6.45, 7) is 3.85. The first kappa shape index (κ1) is 23.9. The van der Waals surface area contributed by atoms with Crippen molar-refractivity contribution in [2.45, 2.75) is 40.9 Å². The molecule has 1 aromatic heterocycles. The number of nitrogens with zero attached hydrogens (tertiary/aromatic N) is 1. The smallest absolute Gasteiger partial charge is 0.240 e. The summed E-state index contributed by atoms with van der Waals surface area (Å²) in [7, 11) is -6.57. The van der Waals surface area contributed by atoms with Gasteiger partial charge in [0.05, 0.1) is 16.9 Å². The molecule has 0 aliphatic rings. The van der Waals surface area contributed by atoms with E-state index in [1.165, 1.54) is 25.3 Å². The van der Waals surface area contributed by atoms with Gasteiger partial charge in [0.25, 0.3) is 0 Å². The Morgan fingerprint density at radius 1 is 0.938 bits per heavy atom. The van der Waals surface area contributed by atoms with Gasteiger partial charge in [0.15, 0.2) is 0 Å². The van der Waals surface area contributed by atoms with E-state index in [0.717, 1.165) is 5.69 Å². The quantitative estimate of drug-likeness (QED) is 0.509. The summed E-state index contributed by atoms with van der Waals surface area (Å²) in [6.07, 6.45) is 2.06. The van der Waals surface area contributed by atoms with Gasteiger partial charge in [-0.1, -0.05) is 38.1 Å². The topological polar surface area (TPSA) is 102 Å². The van der Waals surface area contributed by atoms with E-state index in [2.05, 4.69) is 9.71 Å². The average Bonchev–Trinajstić information content (AvgIpc) is 2.79. The van der Waals surface area contributed by atoms with Crippen LogP contribution in [0, 0.1) is 0 Å². The van der Waals surface area contributed by atoms with E-state index in [1.54, 1.807) is 36.5 Å². The number of pyridine rings is 1. The van der Waals surface area contributed by atoms with Crippen molar-refractivity contribution >= 4 is 19.9 Å². The molecule has 0 radical (unpaired) electrons. The zero-order valence-corrected chi connectivity index (χ0v) is 19.8. The molecule has 0 aliphatic heterocycles. The monoisotopic (exact) mass is 474 g/mol. The van der Waals surface area contributed by atoms with E-state index in [0.29, 0.717) is 12.0 Å². The minimum Gasteiger partial charge on any atom is -0.495 e. The molecule has 0 atom stereocenters. The number of hydrogen-bond acceptors (Lipinski definition) is 6. The highest BCUT2D eigenvalue weighted by molar-refractivity contribution is 7.92. The minimum atomic E-state index is -4.00. The summed E-state index contributed by atoms with van der Waals surface area (Å²) in [5, 5.41) is 0. The summed E-state index contributed by atoms with van der Waals surface area (Å²) in [6, 6.07) is 15.9. The number of benzene rings is 2. The summed E-state index contributed by atoms with van der Waals surface area (Å²) in [5.41, 5.74) is 1.29. The number of sulfonamides is 1. The summed E-state index contributed by atoms with van der Waals surface area (Å²) < 4.78 is 60.6. The minimum absolute atomic E-state index is 0.0220. The van der Waals surface area contributed by atoms with Crippen molar-refractivity contribution in [1.82, 2.24) is 9.71 Å². The van der Waals surface area contributed by atoms with Gasteiger partial charge in [-0.2, -0.15) is 0 Å². The van der Waals surface area contributed by atoms with Crippen LogP contribution in [0.15, 0.2) is 81.5 Å². The highest BCUT2D eigenvalue weighted by Gasteiger charge is 2.27. The standard InChI is InChI=1S/C23H26N2O5S2/c1-17(2)20-12-11-19(31(26,27)22-10-5-4-9-21(22)30-3)16-23(20)32(28,29)25-15-13-18-8-6-7-14-24-18/h4-12,14,16-17,25H,13,15H2,1-3H3. The second-order valence-electron chi connectivity index (χ2n) is 7.48. The largest absolute Gasteiger partial charge is 0.495 e. The van der Waals surface area contributed by atoms with Gasteiger partial charge in [-0.05, 0) is 47.9 Å². The number of sulfone groups is 1. The lowest BCUT2D eigenvalue weighted by molar-refractivity contribution is 0.402. The molecule has 7 nitrogen and oxygen atoms in total. The number of methoxy groups -OCH3 is 1. The number of nitrogens with one attached hydrogen (secondary N) is 1. The van der Waals surface area contributed by atoms with Crippen molar-refractivity contribution in [3.05, 3.63) is 78.1 Å². The van der Waals surface area contributed by atoms with Crippen LogP contribution < -0.4 is 9.46 Å². The third-order valence-corrected chi connectivity index (χ3v) is 8.27. The van der Waals surface area contributed by atoms with Gasteiger partial charge in [0, 0.05) is 24.9 Å². The van der Waals surface area contributed by atoms with Gasteiger partial charge in [-0.3, -0.25) is 4.98 Å². The second-order valence-corrected chi connectivity index (χ2v) is 11.1. The Hall–Kier alpha value is -2.75.